The van der Waals surface area contributed by atoms with Gasteiger partial charge in [0.25, 0.3) is 5.92 Å². The van der Waals surface area contributed by atoms with Gasteiger partial charge in [-0.25, -0.2) is 0 Å². The Morgan fingerprint density at radius 1 is 1.00 bits per heavy atom. The molecule has 4 unspecified atom stereocenters. The number of fused-ring (bicyclic) bond motifs is 1. The van der Waals surface area contributed by atoms with Crippen LogP contribution in [0.5, 0.6) is 0 Å². The average molecular weight is 506 g/mol. The van der Waals surface area contributed by atoms with Crippen molar-refractivity contribution in [1.29, 1.82) is 0 Å². The SMILES string of the molecule is CCc1ccccc1-c1nccnc1C1=CC=C(NC(O)CC2=CC=C(C(F)(F)C(C)O)CC2)C2CC12. The van der Waals surface area contributed by atoms with Gasteiger partial charge in [0.15, 0.2) is 0 Å². The van der Waals surface area contributed by atoms with Gasteiger partial charge in [0.2, 0.25) is 0 Å². The summed E-state index contributed by atoms with van der Waals surface area (Å²) in [5.74, 6) is -2.60. The summed E-state index contributed by atoms with van der Waals surface area (Å²) >= 11 is 0. The zero-order chi connectivity index (χ0) is 26.2. The van der Waals surface area contributed by atoms with Crippen molar-refractivity contribution in [2.24, 2.45) is 11.8 Å². The highest BCUT2D eigenvalue weighted by atomic mass is 19.3. The van der Waals surface area contributed by atoms with Crippen LogP contribution in [0, 0.1) is 11.8 Å². The van der Waals surface area contributed by atoms with Crippen LogP contribution < -0.4 is 5.32 Å². The van der Waals surface area contributed by atoms with Crippen molar-refractivity contribution in [3.8, 4) is 11.3 Å². The van der Waals surface area contributed by atoms with Crippen molar-refractivity contribution in [3.63, 3.8) is 0 Å². The minimum absolute atomic E-state index is 0.0629. The van der Waals surface area contributed by atoms with E-state index < -0.39 is 18.3 Å². The van der Waals surface area contributed by atoms with Gasteiger partial charge >= 0.3 is 0 Å². The molecular formula is C30H33F2N3O2. The number of nitrogens with one attached hydrogen (secondary N) is 1. The summed E-state index contributed by atoms with van der Waals surface area (Å²) in [4.78, 5) is 9.41. The predicted octanol–water partition coefficient (Wildman–Crippen LogP) is 5.58. The van der Waals surface area contributed by atoms with E-state index in [9.17, 15) is 19.0 Å². The first-order chi connectivity index (χ1) is 17.8. The number of aliphatic hydroxyl groups is 2. The Labute approximate surface area is 216 Å². The molecule has 0 amide bonds. The lowest BCUT2D eigenvalue weighted by Gasteiger charge is -2.26. The number of aryl methyl sites for hydroxylation is 1. The van der Waals surface area contributed by atoms with Crippen LogP contribution >= 0.6 is 0 Å². The second-order valence-electron chi connectivity index (χ2n) is 10.1. The number of allylic oxidation sites excluding steroid dienone is 6. The zero-order valence-corrected chi connectivity index (χ0v) is 21.2. The van der Waals surface area contributed by atoms with E-state index >= 15 is 0 Å². The van der Waals surface area contributed by atoms with Gasteiger partial charge in [0, 0.05) is 41.6 Å². The van der Waals surface area contributed by atoms with Gasteiger partial charge in [-0.3, -0.25) is 9.97 Å². The molecule has 0 spiro atoms. The first kappa shape index (κ1) is 25.5. The van der Waals surface area contributed by atoms with Gasteiger partial charge in [-0.05, 0) is 55.7 Å². The van der Waals surface area contributed by atoms with Crippen molar-refractivity contribution in [2.75, 3.05) is 0 Å². The molecule has 0 radical (unpaired) electrons. The van der Waals surface area contributed by atoms with E-state index in [4.69, 9.17) is 9.97 Å². The third kappa shape index (κ3) is 5.15. The van der Waals surface area contributed by atoms with Crippen LogP contribution in [0.1, 0.15) is 50.8 Å². The summed E-state index contributed by atoms with van der Waals surface area (Å²) < 4.78 is 28.1. The minimum Gasteiger partial charge on any atom is -0.387 e. The Morgan fingerprint density at radius 3 is 2.46 bits per heavy atom. The van der Waals surface area contributed by atoms with Gasteiger partial charge in [-0.1, -0.05) is 55.0 Å². The topological polar surface area (TPSA) is 78.3 Å². The summed E-state index contributed by atoms with van der Waals surface area (Å²) in [6.07, 6.45) is 11.0. The van der Waals surface area contributed by atoms with Crippen molar-refractivity contribution in [2.45, 2.75) is 64.2 Å². The smallest absolute Gasteiger partial charge is 0.294 e. The molecule has 7 heteroatoms. The molecule has 1 aromatic carbocycles. The molecule has 3 aliphatic carbocycles. The van der Waals surface area contributed by atoms with Crippen molar-refractivity contribution in [1.82, 2.24) is 15.3 Å². The molecule has 1 fully saturated rings. The number of aliphatic hydroxyl groups excluding tert-OH is 2. The maximum Gasteiger partial charge on any atom is 0.294 e. The maximum absolute atomic E-state index is 14.1. The van der Waals surface area contributed by atoms with Gasteiger partial charge < -0.3 is 15.5 Å². The molecule has 4 atom stereocenters. The molecule has 1 aromatic heterocycles. The van der Waals surface area contributed by atoms with Crippen molar-refractivity contribution in [3.05, 3.63) is 89.1 Å². The number of halogens is 2. The Morgan fingerprint density at radius 2 is 1.76 bits per heavy atom. The zero-order valence-electron chi connectivity index (χ0n) is 21.2. The summed E-state index contributed by atoms with van der Waals surface area (Å²) in [6.45, 7) is 3.24. The Bertz CT molecular complexity index is 1300. The number of aromatic nitrogens is 2. The fraction of sp³-hybridized carbons (Fsp3) is 0.400. The first-order valence-corrected chi connectivity index (χ1v) is 13.0. The van der Waals surface area contributed by atoms with Crippen LogP contribution in [0.15, 0.2) is 77.8 Å². The normalized spacial score (nSPS) is 22.6. The van der Waals surface area contributed by atoms with Gasteiger partial charge in [-0.2, -0.15) is 8.78 Å². The number of hydrogen-bond acceptors (Lipinski definition) is 5. The van der Waals surface area contributed by atoms with Crippen LogP contribution in [0.2, 0.25) is 0 Å². The molecule has 1 saturated carbocycles. The van der Waals surface area contributed by atoms with E-state index in [1.54, 1.807) is 18.5 Å². The molecule has 0 aliphatic heterocycles. The van der Waals surface area contributed by atoms with Gasteiger partial charge in [0.1, 0.15) is 12.3 Å². The predicted molar refractivity (Wildman–Crippen MR) is 140 cm³/mol. The maximum atomic E-state index is 14.1. The van der Waals surface area contributed by atoms with Crippen LogP contribution in [-0.4, -0.2) is 38.4 Å². The lowest BCUT2D eigenvalue weighted by molar-refractivity contribution is -0.0711. The quantitative estimate of drug-likeness (QED) is 0.388. The van der Waals surface area contributed by atoms with Crippen molar-refractivity contribution >= 4 is 5.57 Å². The third-order valence-corrected chi connectivity index (χ3v) is 7.63. The van der Waals surface area contributed by atoms with E-state index in [0.29, 0.717) is 24.7 Å². The molecule has 194 valence electrons. The van der Waals surface area contributed by atoms with Gasteiger partial charge in [-0.15, -0.1) is 0 Å². The summed E-state index contributed by atoms with van der Waals surface area (Å²) in [5.41, 5.74) is 7.17. The van der Waals surface area contributed by atoms with Crippen LogP contribution in [-0.2, 0) is 6.42 Å². The summed E-state index contributed by atoms with van der Waals surface area (Å²) in [6, 6.07) is 8.30. The molecule has 0 bridgehead atoms. The fourth-order valence-corrected chi connectivity index (χ4v) is 5.41. The Hall–Kier alpha value is -3.16. The fourth-order valence-electron chi connectivity index (χ4n) is 5.41. The van der Waals surface area contributed by atoms with E-state index in [0.717, 1.165) is 48.0 Å². The minimum atomic E-state index is -3.22. The monoisotopic (exact) mass is 505 g/mol. The number of rotatable bonds is 9. The number of benzene rings is 1. The first-order valence-electron chi connectivity index (χ1n) is 13.0. The highest BCUT2D eigenvalue weighted by molar-refractivity contribution is 5.82. The molecule has 2 aromatic rings. The third-order valence-electron chi connectivity index (χ3n) is 7.63. The number of alkyl halides is 2. The molecule has 3 N–H and O–H groups in total. The molecule has 3 aliphatic rings. The largest absolute Gasteiger partial charge is 0.387 e. The Balaban J connectivity index is 1.30. The molecular weight excluding hydrogens is 472 g/mol. The molecule has 37 heavy (non-hydrogen) atoms. The summed E-state index contributed by atoms with van der Waals surface area (Å²) in [5, 5.41) is 23.3. The molecule has 0 saturated heterocycles. The highest BCUT2D eigenvalue weighted by Gasteiger charge is 2.46. The van der Waals surface area contributed by atoms with E-state index in [-0.39, 0.29) is 12.0 Å². The van der Waals surface area contributed by atoms with Crippen LogP contribution in [0.25, 0.3) is 16.8 Å². The van der Waals surface area contributed by atoms with Crippen LogP contribution in [0.3, 0.4) is 0 Å². The molecule has 5 nitrogen and oxygen atoms in total. The van der Waals surface area contributed by atoms with E-state index in [1.165, 1.54) is 17.2 Å². The van der Waals surface area contributed by atoms with E-state index in [2.05, 4.69) is 30.4 Å². The second-order valence-corrected chi connectivity index (χ2v) is 10.1. The second kappa shape index (κ2) is 10.3. The van der Waals surface area contributed by atoms with E-state index in [1.807, 2.05) is 18.2 Å². The lowest BCUT2D eigenvalue weighted by Crippen LogP contribution is -2.34. The highest BCUT2D eigenvalue weighted by Crippen LogP contribution is 2.54. The Kier molecular flexibility index (Phi) is 7.10. The number of nitrogens with zero attached hydrogens (tertiary/aromatic N) is 2. The van der Waals surface area contributed by atoms with Crippen LogP contribution in [0.4, 0.5) is 8.78 Å². The molecule has 1 heterocycles. The lowest BCUT2D eigenvalue weighted by atomic mass is 9.90. The standard InChI is InChI=1S/C30H33F2N3O2/c1-3-20-6-4-5-7-22(20)28-29(34-15-14-33-28)23-12-13-26(25-17-24(23)25)35-27(37)16-19-8-10-21(11-9-19)30(31,32)18(2)36/h4-8,10,12-15,18,24-25,27,35-37H,3,9,11,16-17H2,1-2H3. The number of hydrogen-bond donors (Lipinski definition) is 3. The average Bonchev–Trinajstić information content (AvgIpc) is 3.71. The van der Waals surface area contributed by atoms with Gasteiger partial charge in [0.05, 0.1) is 11.4 Å². The van der Waals surface area contributed by atoms with Crippen molar-refractivity contribution < 1.29 is 19.0 Å². The molecule has 5 rings (SSSR count). The summed E-state index contributed by atoms with van der Waals surface area (Å²) in [7, 11) is 0.